The predicted molar refractivity (Wildman–Crippen MR) is 124 cm³/mol. The van der Waals surface area contributed by atoms with Gasteiger partial charge in [-0.05, 0) is 53.0 Å². The summed E-state index contributed by atoms with van der Waals surface area (Å²) < 4.78 is 12.9. The monoisotopic (exact) mass is 467 g/mol. The lowest BCUT2D eigenvalue weighted by molar-refractivity contribution is 0.367. The van der Waals surface area contributed by atoms with Crippen molar-refractivity contribution >= 4 is 23.2 Å². The third-order valence-corrected chi connectivity index (χ3v) is 4.95. The molecule has 0 radical (unpaired) electrons. The van der Waals surface area contributed by atoms with Gasteiger partial charge in [-0.1, -0.05) is 37.6 Å². The van der Waals surface area contributed by atoms with Crippen molar-refractivity contribution in [3.8, 4) is 11.6 Å². The first kappa shape index (κ1) is 22.3. The summed E-state index contributed by atoms with van der Waals surface area (Å²) in [4.78, 5) is 30.0. The summed E-state index contributed by atoms with van der Waals surface area (Å²) in [6.07, 6.45) is 1.42. The summed E-state index contributed by atoms with van der Waals surface area (Å²) in [5, 5.41) is 7.37. The highest BCUT2D eigenvalue weighted by Gasteiger charge is 2.15. The van der Waals surface area contributed by atoms with Gasteiger partial charge in [-0.15, -0.1) is 0 Å². The average molecular weight is 468 g/mol. The molecular weight excluding hydrogens is 446 g/mol. The van der Waals surface area contributed by atoms with Crippen LogP contribution in [0.1, 0.15) is 19.4 Å². The molecule has 10 heteroatoms. The topological polar surface area (TPSA) is 104 Å². The molecule has 9 nitrogen and oxygen atoms in total. The molecule has 0 aliphatic heterocycles. The quantitative estimate of drug-likeness (QED) is 0.412. The van der Waals surface area contributed by atoms with Gasteiger partial charge in [0.2, 0.25) is 5.95 Å². The van der Waals surface area contributed by atoms with Crippen molar-refractivity contribution in [3.05, 3.63) is 92.4 Å². The average Bonchev–Trinajstić information content (AvgIpc) is 3.29. The molecule has 1 N–H and O–H groups in total. The Morgan fingerprint density at radius 2 is 1.76 bits per heavy atom. The molecule has 0 bridgehead atoms. The molecule has 2 aromatic carbocycles. The summed E-state index contributed by atoms with van der Waals surface area (Å²) in [5.41, 5.74) is 0.430. The largest absolute Gasteiger partial charge is 0.436 e. The maximum absolute atomic E-state index is 13.2. The highest BCUT2D eigenvalue weighted by atomic mass is 35.5. The van der Waals surface area contributed by atoms with Gasteiger partial charge in [-0.2, -0.15) is 4.98 Å². The van der Waals surface area contributed by atoms with E-state index >= 15 is 0 Å². The summed E-state index contributed by atoms with van der Waals surface area (Å²) in [6, 6.07) is 15.7. The van der Waals surface area contributed by atoms with Crippen molar-refractivity contribution in [2.45, 2.75) is 26.9 Å². The summed E-state index contributed by atoms with van der Waals surface area (Å²) in [6.45, 7) is 4.37. The minimum absolute atomic E-state index is 0.109. The standard InChI is InChI=1S/C23H22ClN5O4/c1-15(2)13-29-22(30)26-21(28(23(29)31)14-16-3-5-17(24)6-4-16)25-18-7-9-19(10-8-18)33-20-11-12-32-27-20/h3-12,15H,13-14H2,1-2H3,(H,25,26,30). The van der Waals surface area contributed by atoms with Gasteiger partial charge in [0.15, 0.2) is 0 Å². The van der Waals surface area contributed by atoms with Crippen molar-refractivity contribution in [1.82, 2.24) is 19.3 Å². The zero-order valence-electron chi connectivity index (χ0n) is 18.1. The van der Waals surface area contributed by atoms with E-state index in [1.165, 1.54) is 10.8 Å². The van der Waals surface area contributed by atoms with Crippen molar-refractivity contribution in [2.75, 3.05) is 5.32 Å². The van der Waals surface area contributed by atoms with Crippen molar-refractivity contribution in [2.24, 2.45) is 5.92 Å². The molecule has 0 unspecified atom stereocenters. The predicted octanol–water partition coefficient (Wildman–Crippen LogP) is 4.29. The number of nitrogens with zero attached hydrogens (tertiary/aromatic N) is 4. The van der Waals surface area contributed by atoms with Gasteiger partial charge in [-0.3, -0.25) is 4.57 Å². The number of ether oxygens (including phenoxy) is 1. The van der Waals surface area contributed by atoms with Crippen LogP contribution in [0.4, 0.5) is 11.6 Å². The normalized spacial score (nSPS) is 11.0. The number of halogens is 1. The van der Waals surface area contributed by atoms with Crippen LogP contribution in [-0.2, 0) is 13.1 Å². The van der Waals surface area contributed by atoms with E-state index in [1.807, 2.05) is 26.0 Å². The van der Waals surface area contributed by atoms with Crippen LogP contribution in [0, 0.1) is 5.92 Å². The Balaban J connectivity index is 1.66. The second kappa shape index (κ2) is 9.74. The smallest absolute Gasteiger partial charge is 0.354 e. The number of hydrogen-bond acceptors (Lipinski definition) is 7. The Labute approximate surface area is 194 Å². The number of hydrogen-bond donors (Lipinski definition) is 1. The molecule has 0 spiro atoms. The molecule has 0 saturated carbocycles. The molecule has 0 aliphatic carbocycles. The first-order chi connectivity index (χ1) is 15.9. The Bertz CT molecular complexity index is 1330. The molecule has 0 saturated heterocycles. The Morgan fingerprint density at radius 3 is 2.39 bits per heavy atom. The Morgan fingerprint density at radius 1 is 1.03 bits per heavy atom. The lowest BCUT2D eigenvalue weighted by Gasteiger charge is -2.16. The number of aromatic nitrogens is 4. The first-order valence-electron chi connectivity index (χ1n) is 10.3. The highest BCUT2D eigenvalue weighted by Crippen LogP contribution is 2.23. The molecule has 33 heavy (non-hydrogen) atoms. The van der Waals surface area contributed by atoms with E-state index in [2.05, 4.69) is 15.5 Å². The molecule has 0 atom stereocenters. The van der Waals surface area contributed by atoms with E-state index in [0.29, 0.717) is 22.3 Å². The van der Waals surface area contributed by atoms with Gasteiger partial charge in [0.1, 0.15) is 12.0 Å². The van der Waals surface area contributed by atoms with Gasteiger partial charge in [0, 0.05) is 23.3 Å². The fraction of sp³-hybridized carbons (Fsp3) is 0.217. The molecule has 2 heterocycles. The minimum Gasteiger partial charge on any atom is -0.436 e. The number of benzene rings is 2. The fourth-order valence-electron chi connectivity index (χ4n) is 3.17. The van der Waals surface area contributed by atoms with Crippen molar-refractivity contribution in [3.63, 3.8) is 0 Å². The van der Waals surface area contributed by atoms with Crippen LogP contribution < -0.4 is 21.4 Å². The van der Waals surface area contributed by atoms with E-state index in [0.717, 1.165) is 10.1 Å². The maximum Gasteiger partial charge on any atom is 0.354 e. The number of nitrogens with one attached hydrogen (secondary N) is 1. The van der Waals surface area contributed by atoms with E-state index in [1.54, 1.807) is 42.5 Å². The second-order valence-electron chi connectivity index (χ2n) is 7.81. The zero-order chi connectivity index (χ0) is 23.4. The third kappa shape index (κ3) is 5.50. The summed E-state index contributed by atoms with van der Waals surface area (Å²) in [5.74, 6) is 1.14. The summed E-state index contributed by atoms with van der Waals surface area (Å²) in [7, 11) is 0. The van der Waals surface area contributed by atoms with Crippen LogP contribution in [0.3, 0.4) is 0 Å². The third-order valence-electron chi connectivity index (χ3n) is 4.70. The SMILES string of the molecule is CC(C)Cn1c(=O)nc(Nc2ccc(Oc3ccon3)cc2)n(Cc2ccc(Cl)cc2)c1=O. The minimum atomic E-state index is -0.602. The van der Waals surface area contributed by atoms with Gasteiger partial charge in [0.05, 0.1) is 6.54 Å². The van der Waals surface area contributed by atoms with Gasteiger partial charge < -0.3 is 14.6 Å². The highest BCUT2D eigenvalue weighted by molar-refractivity contribution is 6.30. The van der Waals surface area contributed by atoms with Crippen LogP contribution in [0.2, 0.25) is 5.02 Å². The van der Waals surface area contributed by atoms with Gasteiger partial charge >= 0.3 is 11.4 Å². The van der Waals surface area contributed by atoms with Gasteiger partial charge in [-0.25, -0.2) is 14.2 Å². The Kier molecular flexibility index (Phi) is 6.60. The van der Waals surface area contributed by atoms with Crippen LogP contribution >= 0.6 is 11.6 Å². The fourth-order valence-corrected chi connectivity index (χ4v) is 3.30. The molecule has 4 rings (SSSR count). The van der Waals surface area contributed by atoms with E-state index in [-0.39, 0.29) is 25.0 Å². The second-order valence-corrected chi connectivity index (χ2v) is 8.24. The van der Waals surface area contributed by atoms with Crippen molar-refractivity contribution in [1.29, 1.82) is 0 Å². The molecular formula is C23H22ClN5O4. The Hall–Kier alpha value is -3.85. The molecule has 0 aliphatic rings. The molecule has 170 valence electrons. The van der Waals surface area contributed by atoms with Crippen LogP contribution in [-0.4, -0.2) is 19.3 Å². The molecule has 0 fully saturated rings. The molecule has 2 aromatic heterocycles. The first-order valence-corrected chi connectivity index (χ1v) is 10.7. The van der Waals surface area contributed by atoms with E-state index in [4.69, 9.17) is 20.9 Å². The maximum atomic E-state index is 13.2. The zero-order valence-corrected chi connectivity index (χ0v) is 18.8. The summed E-state index contributed by atoms with van der Waals surface area (Å²) >= 11 is 5.99. The van der Waals surface area contributed by atoms with Crippen LogP contribution in [0.5, 0.6) is 11.6 Å². The van der Waals surface area contributed by atoms with Crippen molar-refractivity contribution < 1.29 is 9.26 Å². The molecule has 4 aromatic rings. The number of anilines is 2. The van der Waals surface area contributed by atoms with Gasteiger partial charge in [0.25, 0.3) is 5.88 Å². The van der Waals surface area contributed by atoms with E-state index < -0.39 is 11.4 Å². The van der Waals surface area contributed by atoms with E-state index in [9.17, 15) is 9.59 Å². The lowest BCUT2D eigenvalue weighted by Crippen LogP contribution is -2.43. The lowest BCUT2D eigenvalue weighted by atomic mass is 10.2. The molecule has 0 amide bonds. The number of rotatable bonds is 8. The van der Waals surface area contributed by atoms with Crippen LogP contribution in [0.25, 0.3) is 0 Å². The van der Waals surface area contributed by atoms with Crippen LogP contribution in [0.15, 0.2) is 75.0 Å².